The van der Waals surface area contributed by atoms with E-state index in [1.165, 1.54) is 11.3 Å². The number of aryl methyl sites for hydroxylation is 1. The van der Waals surface area contributed by atoms with Crippen LogP contribution in [0.4, 0.5) is 5.13 Å². The number of ether oxygens (including phenoxy) is 1. The van der Waals surface area contributed by atoms with Crippen molar-refractivity contribution in [2.75, 3.05) is 18.5 Å². The van der Waals surface area contributed by atoms with E-state index < -0.39 is 0 Å². The maximum absolute atomic E-state index is 12.7. The monoisotopic (exact) mass is 449 g/mol. The third kappa shape index (κ3) is 4.99. The van der Waals surface area contributed by atoms with E-state index in [9.17, 15) is 9.59 Å². The average molecular weight is 450 g/mol. The number of hydrogen-bond donors (Lipinski definition) is 1. The number of aromatic nitrogens is 1. The van der Waals surface area contributed by atoms with Gasteiger partial charge in [0.15, 0.2) is 11.7 Å². The molecule has 166 valence electrons. The Kier molecular flexibility index (Phi) is 6.55. The van der Waals surface area contributed by atoms with Crippen molar-refractivity contribution in [3.8, 4) is 5.75 Å². The molecule has 1 aromatic heterocycles. The van der Waals surface area contributed by atoms with Crippen molar-refractivity contribution >= 4 is 28.3 Å². The summed E-state index contributed by atoms with van der Waals surface area (Å²) in [6.45, 7) is 7.25. The third-order valence-electron chi connectivity index (χ3n) is 5.44. The van der Waals surface area contributed by atoms with Crippen molar-refractivity contribution in [1.82, 2.24) is 9.88 Å². The molecule has 1 aliphatic heterocycles. The number of nitrogens with zero attached hydrogens (tertiary/aromatic N) is 2. The largest absolute Gasteiger partial charge is 0.483 e. The second kappa shape index (κ2) is 9.53. The predicted octanol–water partition coefficient (Wildman–Crippen LogP) is 4.79. The molecule has 0 unspecified atom stereocenters. The molecule has 2 aromatic carbocycles. The first kappa shape index (κ1) is 22.0. The van der Waals surface area contributed by atoms with Crippen LogP contribution in [0.1, 0.15) is 51.8 Å². The molecule has 0 saturated carbocycles. The highest BCUT2D eigenvalue weighted by molar-refractivity contribution is 7.15. The van der Waals surface area contributed by atoms with E-state index in [1.807, 2.05) is 60.4 Å². The lowest BCUT2D eigenvalue weighted by Gasteiger charge is -2.26. The molecule has 0 aliphatic carbocycles. The Labute approximate surface area is 192 Å². The summed E-state index contributed by atoms with van der Waals surface area (Å²) >= 11 is 1.42. The second-order valence-electron chi connectivity index (χ2n) is 8.26. The number of amides is 2. The minimum absolute atomic E-state index is 0.0164. The van der Waals surface area contributed by atoms with Gasteiger partial charge in [0.05, 0.1) is 12.2 Å². The van der Waals surface area contributed by atoms with E-state index in [4.69, 9.17) is 4.74 Å². The average Bonchev–Trinajstić information content (AvgIpc) is 3.19. The lowest BCUT2D eigenvalue weighted by molar-refractivity contribution is -0.118. The molecular weight excluding hydrogens is 422 g/mol. The molecule has 0 spiro atoms. The smallest absolute Gasteiger partial charge is 0.264 e. The Morgan fingerprint density at radius 3 is 2.72 bits per heavy atom. The van der Waals surface area contributed by atoms with Gasteiger partial charge in [-0.05, 0) is 42.2 Å². The van der Waals surface area contributed by atoms with E-state index in [0.29, 0.717) is 36.1 Å². The van der Waals surface area contributed by atoms with Crippen LogP contribution in [0.3, 0.4) is 0 Å². The highest BCUT2D eigenvalue weighted by Gasteiger charge is 2.25. The standard InChI is InChI=1S/C25H27N3O3S/c1-16(2)19-10-9-17(3)13-21(19)31-15-23(29)27-25-26-20-11-12-28(14-22(20)32-25)24(30)18-7-5-4-6-8-18/h4-10,13,16H,11-12,14-15H2,1-3H3,(H,26,27,29). The maximum Gasteiger partial charge on any atom is 0.264 e. The molecule has 2 heterocycles. The number of anilines is 1. The van der Waals surface area contributed by atoms with Crippen LogP contribution < -0.4 is 10.1 Å². The van der Waals surface area contributed by atoms with E-state index in [0.717, 1.165) is 27.4 Å². The molecule has 32 heavy (non-hydrogen) atoms. The van der Waals surface area contributed by atoms with Crippen molar-refractivity contribution < 1.29 is 14.3 Å². The number of carbonyl (C=O) groups excluding carboxylic acids is 2. The van der Waals surface area contributed by atoms with Crippen molar-refractivity contribution in [2.45, 2.75) is 39.7 Å². The Hall–Kier alpha value is -3.19. The number of rotatable bonds is 6. The van der Waals surface area contributed by atoms with Gasteiger partial charge >= 0.3 is 0 Å². The molecule has 4 rings (SSSR count). The highest BCUT2D eigenvalue weighted by Crippen LogP contribution is 2.30. The summed E-state index contributed by atoms with van der Waals surface area (Å²) in [4.78, 5) is 32.6. The van der Waals surface area contributed by atoms with Gasteiger partial charge in [0.25, 0.3) is 11.8 Å². The number of carbonyl (C=O) groups is 2. The molecule has 0 radical (unpaired) electrons. The summed E-state index contributed by atoms with van der Waals surface area (Å²) in [7, 11) is 0. The zero-order valence-electron chi connectivity index (χ0n) is 18.6. The van der Waals surface area contributed by atoms with Crippen molar-refractivity contribution in [3.05, 3.63) is 75.8 Å². The zero-order chi connectivity index (χ0) is 22.7. The first-order valence-electron chi connectivity index (χ1n) is 10.8. The molecule has 0 fully saturated rings. The molecular formula is C25H27N3O3S. The van der Waals surface area contributed by atoms with Crippen LogP contribution in [0.5, 0.6) is 5.75 Å². The van der Waals surface area contributed by atoms with Gasteiger partial charge in [0, 0.05) is 23.4 Å². The van der Waals surface area contributed by atoms with Gasteiger partial charge in [0.2, 0.25) is 0 Å². The van der Waals surface area contributed by atoms with Crippen LogP contribution in [0.2, 0.25) is 0 Å². The number of thiazole rings is 1. The van der Waals surface area contributed by atoms with Crippen LogP contribution in [0.25, 0.3) is 0 Å². The van der Waals surface area contributed by atoms with Gasteiger partial charge in [-0.15, -0.1) is 0 Å². The summed E-state index contributed by atoms with van der Waals surface area (Å²) in [6, 6.07) is 15.3. The van der Waals surface area contributed by atoms with Crippen molar-refractivity contribution in [2.24, 2.45) is 0 Å². The summed E-state index contributed by atoms with van der Waals surface area (Å²) in [5.74, 6) is 0.816. The second-order valence-corrected chi connectivity index (χ2v) is 9.35. The van der Waals surface area contributed by atoms with E-state index in [1.54, 1.807) is 0 Å². The Bertz CT molecular complexity index is 1120. The van der Waals surface area contributed by atoms with Gasteiger partial charge < -0.3 is 9.64 Å². The SMILES string of the molecule is Cc1ccc(C(C)C)c(OCC(=O)Nc2nc3c(s2)CN(C(=O)c2ccccc2)CC3)c1. The lowest BCUT2D eigenvalue weighted by atomic mass is 10.0. The number of nitrogens with one attached hydrogen (secondary N) is 1. The summed E-state index contributed by atoms with van der Waals surface area (Å²) in [5, 5.41) is 3.40. The topological polar surface area (TPSA) is 71.5 Å². The fourth-order valence-corrected chi connectivity index (χ4v) is 4.77. The fraction of sp³-hybridized carbons (Fsp3) is 0.320. The summed E-state index contributed by atoms with van der Waals surface area (Å²) in [6.07, 6.45) is 0.678. The van der Waals surface area contributed by atoms with Crippen LogP contribution in [0, 0.1) is 6.92 Å². The quantitative estimate of drug-likeness (QED) is 0.587. The molecule has 1 aliphatic rings. The van der Waals surface area contributed by atoms with Crippen LogP contribution in [-0.4, -0.2) is 34.8 Å². The van der Waals surface area contributed by atoms with E-state index in [2.05, 4.69) is 24.1 Å². The normalized spacial score (nSPS) is 13.1. The summed E-state index contributed by atoms with van der Waals surface area (Å²) < 4.78 is 5.82. The Morgan fingerprint density at radius 2 is 1.97 bits per heavy atom. The van der Waals surface area contributed by atoms with Gasteiger partial charge in [0.1, 0.15) is 5.75 Å². The minimum atomic E-state index is -0.246. The van der Waals surface area contributed by atoms with Crippen LogP contribution in [-0.2, 0) is 17.8 Å². The highest BCUT2D eigenvalue weighted by atomic mass is 32.1. The predicted molar refractivity (Wildman–Crippen MR) is 126 cm³/mol. The lowest BCUT2D eigenvalue weighted by Crippen LogP contribution is -2.35. The van der Waals surface area contributed by atoms with Crippen LogP contribution >= 0.6 is 11.3 Å². The molecule has 2 amide bonds. The zero-order valence-corrected chi connectivity index (χ0v) is 19.4. The van der Waals surface area contributed by atoms with Crippen molar-refractivity contribution in [3.63, 3.8) is 0 Å². The molecule has 0 atom stereocenters. The van der Waals surface area contributed by atoms with Gasteiger partial charge in [-0.25, -0.2) is 4.98 Å². The van der Waals surface area contributed by atoms with Gasteiger partial charge in [-0.1, -0.05) is 55.5 Å². The first-order chi connectivity index (χ1) is 15.4. The maximum atomic E-state index is 12.7. The molecule has 6 nitrogen and oxygen atoms in total. The molecule has 0 saturated heterocycles. The first-order valence-corrected chi connectivity index (χ1v) is 11.6. The fourth-order valence-electron chi connectivity index (χ4n) is 3.73. The molecule has 7 heteroatoms. The van der Waals surface area contributed by atoms with Gasteiger partial charge in [-0.2, -0.15) is 0 Å². The van der Waals surface area contributed by atoms with E-state index >= 15 is 0 Å². The Balaban J connectivity index is 1.37. The molecule has 0 bridgehead atoms. The van der Waals surface area contributed by atoms with Gasteiger partial charge in [-0.3, -0.25) is 14.9 Å². The number of hydrogen-bond acceptors (Lipinski definition) is 5. The third-order valence-corrected chi connectivity index (χ3v) is 6.43. The molecule has 1 N–H and O–H groups in total. The van der Waals surface area contributed by atoms with Crippen molar-refractivity contribution in [1.29, 1.82) is 0 Å². The Morgan fingerprint density at radius 1 is 1.19 bits per heavy atom. The number of fused-ring (bicyclic) bond motifs is 1. The summed E-state index contributed by atoms with van der Waals surface area (Å²) in [5.41, 5.74) is 3.80. The number of benzene rings is 2. The van der Waals surface area contributed by atoms with E-state index in [-0.39, 0.29) is 18.4 Å². The minimum Gasteiger partial charge on any atom is -0.483 e. The van der Waals surface area contributed by atoms with Crippen LogP contribution in [0.15, 0.2) is 48.5 Å². The molecule has 3 aromatic rings.